The molecule has 2 aliphatic heterocycles. The highest BCUT2D eigenvalue weighted by atomic mass is 16.5. The van der Waals surface area contributed by atoms with E-state index >= 15 is 0 Å². The molecule has 3 rings (SSSR count). The summed E-state index contributed by atoms with van der Waals surface area (Å²) in [6.45, 7) is 4.11. The van der Waals surface area contributed by atoms with Crippen LogP contribution in [0.15, 0.2) is 24.3 Å². The minimum Gasteiger partial charge on any atom is -0.363 e. The topological polar surface area (TPSA) is 41.6 Å². The van der Waals surface area contributed by atoms with Crippen molar-refractivity contribution in [2.45, 2.75) is 18.9 Å². The van der Waals surface area contributed by atoms with Gasteiger partial charge in [-0.25, -0.2) is 0 Å². The lowest BCUT2D eigenvalue weighted by atomic mass is 9.97. The summed E-state index contributed by atoms with van der Waals surface area (Å²) in [5, 5.41) is 3.32. The molecule has 1 aromatic carbocycles. The normalized spacial score (nSPS) is 23.6. The molecule has 1 N–H and O–H groups in total. The molecule has 2 aliphatic rings. The van der Waals surface area contributed by atoms with Crippen molar-refractivity contribution in [1.82, 2.24) is 10.2 Å². The van der Waals surface area contributed by atoms with Gasteiger partial charge < -0.3 is 15.0 Å². The molecule has 1 aromatic rings. The number of amides is 1. The van der Waals surface area contributed by atoms with Crippen molar-refractivity contribution in [3.8, 4) is 0 Å². The Morgan fingerprint density at radius 3 is 3.11 bits per heavy atom. The van der Waals surface area contributed by atoms with E-state index in [1.807, 2.05) is 23.1 Å². The zero-order chi connectivity index (χ0) is 13.1. The molecular formula is C15H20N2O2. The van der Waals surface area contributed by atoms with E-state index in [2.05, 4.69) is 11.4 Å². The highest BCUT2D eigenvalue weighted by Crippen LogP contribution is 2.28. The molecule has 102 valence electrons. The standard InChI is InChI=1S/C15H20N2O2/c18-15(17-9-3-7-16-8-10-17)14-13-5-2-1-4-12(13)6-11-19-14/h1-2,4-5,14,16H,3,6-11H2. The van der Waals surface area contributed by atoms with E-state index in [-0.39, 0.29) is 5.91 Å². The molecule has 4 nitrogen and oxygen atoms in total. The summed E-state index contributed by atoms with van der Waals surface area (Å²) in [7, 11) is 0. The molecule has 19 heavy (non-hydrogen) atoms. The molecule has 0 aromatic heterocycles. The molecule has 0 aliphatic carbocycles. The maximum atomic E-state index is 12.6. The van der Waals surface area contributed by atoms with E-state index in [4.69, 9.17) is 4.74 Å². The first-order chi connectivity index (χ1) is 9.36. The second kappa shape index (κ2) is 5.72. The van der Waals surface area contributed by atoms with Crippen LogP contribution in [0, 0.1) is 0 Å². The van der Waals surface area contributed by atoms with E-state index in [0.717, 1.165) is 44.6 Å². The minimum absolute atomic E-state index is 0.121. The van der Waals surface area contributed by atoms with Crippen molar-refractivity contribution in [2.75, 3.05) is 32.8 Å². The van der Waals surface area contributed by atoms with Gasteiger partial charge in [0.05, 0.1) is 6.61 Å². The number of rotatable bonds is 1. The Kier molecular flexibility index (Phi) is 3.80. The first-order valence-electron chi connectivity index (χ1n) is 7.05. The number of benzene rings is 1. The molecule has 1 amide bonds. The Morgan fingerprint density at radius 2 is 2.16 bits per heavy atom. The van der Waals surface area contributed by atoms with Crippen molar-refractivity contribution < 1.29 is 9.53 Å². The summed E-state index contributed by atoms with van der Waals surface area (Å²) in [5.41, 5.74) is 2.30. The Hall–Kier alpha value is -1.39. The maximum Gasteiger partial charge on any atom is 0.256 e. The SMILES string of the molecule is O=C(C1OCCc2ccccc21)N1CCCNCC1. The Balaban J connectivity index is 1.80. The van der Waals surface area contributed by atoms with E-state index in [1.165, 1.54) is 5.56 Å². The van der Waals surface area contributed by atoms with Crippen molar-refractivity contribution in [2.24, 2.45) is 0 Å². The Bertz CT molecular complexity index is 453. The molecule has 2 heterocycles. The summed E-state index contributed by atoms with van der Waals surface area (Å²) in [6.07, 6.45) is 1.52. The predicted molar refractivity (Wildman–Crippen MR) is 72.9 cm³/mol. The van der Waals surface area contributed by atoms with Crippen LogP contribution in [0.1, 0.15) is 23.7 Å². The van der Waals surface area contributed by atoms with E-state index < -0.39 is 6.10 Å². The van der Waals surface area contributed by atoms with Crippen LogP contribution in [0.25, 0.3) is 0 Å². The lowest BCUT2D eigenvalue weighted by molar-refractivity contribution is -0.145. The predicted octanol–water partition coefficient (Wildman–Crippen LogP) is 1.12. The summed E-state index contributed by atoms with van der Waals surface area (Å²) >= 11 is 0. The van der Waals surface area contributed by atoms with Crippen LogP contribution in [-0.2, 0) is 16.0 Å². The van der Waals surface area contributed by atoms with Gasteiger partial charge in [-0.3, -0.25) is 4.79 Å². The van der Waals surface area contributed by atoms with Crippen molar-refractivity contribution in [3.05, 3.63) is 35.4 Å². The average Bonchev–Trinajstić information content (AvgIpc) is 2.75. The van der Waals surface area contributed by atoms with Gasteiger partial charge in [0, 0.05) is 19.6 Å². The lowest BCUT2D eigenvalue weighted by Crippen LogP contribution is -2.39. The fourth-order valence-corrected chi connectivity index (χ4v) is 2.83. The number of fused-ring (bicyclic) bond motifs is 1. The van der Waals surface area contributed by atoms with Gasteiger partial charge in [0.2, 0.25) is 0 Å². The van der Waals surface area contributed by atoms with Gasteiger partial charge in [-0.2, -0.15) is 0 Å². The van der Waals surface area contributed by atoms with Gasteiger partial charge in [0.1, 0.15) is 0 Å². The molecule has 1 fully saturated rings. The zero-order valence-corrected chi connectivity index (χ0v) is 11.1. The van der Waals surface area contributed by atoms with Crippen LogP contribution in [0.4, 0.5) is 0 Å². The number of carbonyl (C=O) groups is 1. The van der Waals surface area contributed by atoms with E-state index in [0.29, 0.717) is 6.61 Å². The fraction of sp³-hybridized carbons (Fsp3) is 0.533. The maximum absolute atomic E-state index is 12.6. The van der Waals surface area contributed by atoms with Crippen molar-refractivity contribution in [1.29, 1.82) is 0 Å². The van der Waals surface area contributed by atoms with Crippen LogP contribution in [0.3, 0.4) is 0 Å². The van der Waals surface area contributed by atoms with E-state index in [1.54, 1.807) is 0 Å². The van der Waals surface area contributed by atoms with Crippen LogP contribution in [-0.4, -0.2) is 43.6 Å². The number of nitrogens with zero attached hydrogens (tertiary/aromatic N) is 1. The second-order valence-corrected chi connectivity index (χ2v) is 5.13. The minimum atomic E-state index is -0.400. The summed E-state index contributed by atoms with van der Waals surface area (Å²) < 4.78 is 5.75. The Labute approximate surface area is 113 Å². The molecule has 1 unspecified atom stereocenters. The number of hydrogen-bond acceptors (Lipinski definition) is 3. The molecule has 0 saturated carbocycles. The van der Waals surface area contributed by atoms with Gasteiger partial charge in [0.25, 0.3) is 5.91 Å². The molecule has 0 spiro atoms. The average molecular weight is 260 g/mol. The van der Waals surface area contributed by atoms with E-state index in [9.17, 15) is 4.79 Å². The second-order valence-electron chi connectivity index (χ2n) is 5.13. The number of ether oxygens (including phenoxy) is 1. The molecule has 1 atom stereocenters. The first-order valence-corrected chi connectivity index (χ1v) is 7.05. The highest BCUT2D eigenvalue weighted by molar-refractivity contribution is 5.83. The summed E-state index contributed by atoms with van der Waals surface area (Å²) in [4.78, 5) is 14.6. The third kappa shape index (κ3) is 2.65. The molecule has 0 radical (unpaired) electrons. The molecule has 1 saturated heterocycles. The Morgan fingerprint density at radius 1 is 1.26 bits per heavy atom. The molecule has 4 heteroatoms. The van der Waals surface area contributed by atoms with Gasteiger partial charge >= 0.3 is 0 Å². The van der Waals surface area contributed by atoms with Crippen LogP contribution < -0.4 is 5.32 Å². The highest BCUT2D eigenvalue weighted by Gasteiger charge is 2.30. The van der Waals surface area contributed by atoms with Crippen LogP contribution in [0.2, 0.25) is 0 Å². The van der Waals surface area contributed by atoms with Gasteiger partial charge in [-0.1, -0.05) is 24.3 Å². The third-order valence-electron chi connectivity index (χ3n) is 3.87. The van der Waals surface area contributed by atoms with Crippen molar-refractivity contribution >= 4 is 5.91 Å². The fourth-order valence-electron chi connectivity index (χ4n) is 2.83. The number of hydrogen-bond donors (Lipinski definition) is 1. The lowest BCUT2D eigenvalue weighted by Gasteiger charge is -2.30. The first kappa shape index (κ1) is 12.6. The van der Waals surface area contributed by atoms with Gasteiger partial charge in [0.15, 0.2) is 6.10 Å². The molecule has 0 bridgehead atoms. The summed E-state index contributed by atoms with van der Waals surface area (Å²) in [6, 6.07) is 8.13. The smallest absolute Gasteiger partial charge is 0.256 e. The van der Waals surface area contributed by atoms with Gasteiger partial charge in [-0.15, -0.1) is 0 Å². The van der Waals surface area contributed by atoms with Crippen molar-refractivity contribution in [3.63, 3.8) is 0 Å². The third-order valence-corrected chi connectivity index (χ3v) is 3.87. The monoisotopic (exact) mass is 260 g/mol. The quantitative estimate of drug-likeness (QED) is 0.823. The van der Waals surface area contributed by atoms with Gasteiger partial charge in [-0.05, 0) is 30.5 Å². The van der Waals surface area contributed by atoms with Crippen LogP contribution in [0.5, 0.6) is 0 Å². The molecular weight excluding hydrogens is 240 g/mol. The summed E-state index contributed by atoms with van der Waals surface area (Å²) in [5.74, 6) is 0.121. The zero-order valence-electron chi connectivity index (χ0n) is 11.1. The largest absolute Gasteiger partial charge is 0.363 e. The number of nitrogens with one attached hydrogen (secondary N) is 1. The van der Waals surface area contributed by atoms with Crippen LogP contribution >= 0.6 is 0 Å². The number of carbonyl (C=O) groups excluding carboxylic acids is 1.